The number of nitrogens with zero attached hydrogens (tertiary/aromatic N) is 6. The van der Waals surface area contributed by atoms with Gasteiger partial charge in [-0.2, -0.15) is 10.4 Å². The topological polar surface area (TPSA) is 173 Å². The summed E-state index contributed by atoms with van der Waals surface area (Å²) in [6.45, 7) is 0.703. The zero-order valence-electron chi connectivity index (χ0n) is 20.0. The van der Waals surface area contributed by atoms with Crippen LogP contribution in [0.3, 0.4) is 0 Å². The number of ether oxygens (including phenoxy) is 1. The van der Waals surface area contributed by atoms with Crippen molar-refractivity contribution in [3.05, 3.63) is 59.7 Å². The van der Waals surface area contributed by atoms with Gasteiger partial charge in [-0.1, -0.05) is 0 Å². The highest BCUT2D eigenvalue weighted by atomic mass is 16.6. The van der Waals surface area contributed by atoms with E-state index in [1.54, 1.807) is 21.5 Å². The van der Waals surface area contributed by atoms with E-state index in [1.807, 2.05) is 17.0 Å². The fraction of sp³-hybridized carbons (Fsp3) is 0.360. The standard InChI is InChI=1S/C25H26N8O4/c26-11-15-9-17-2-4-22(33(17)30-12-15)18-10-16(1-3-20(18)31-7-8-37-25(31)36)32(14-23(27)34)21-5-6-29-13-19(21)24(28)35/h2,4-6,9,12-13,16,18,20H,1,3,7-8,10,14H2,(H2,27,34)(H2,28,35)/t16-,18-,20-/m1/s1. The molecule has 0 aromatic carbocycles. The number of pyridine rings is 1. The lowest BCUT2D eigenvalue weighted by molar-refractivity contribution is -0.116. The minimum atomic E-state index is -0.655. The maximum absolute atomic E-state index is 12.6. The second kappa shape index (κ2) is 9.77. The van der Waals surface area contributed by atoms with E-state index in [-0.39, 0.29) is 36.2 Å². The van der Waals surface area contributed by atoms with Crippen molar-refractivity contribution in [1.82, 2.24) is 19.5 Å². The van der Waals surface area contributed by atoms with Gasteiger partial charge in [0, 0.05) is 36.1 Å². The zero-order chi connectivity index (χ0) is 26.1. The first kappa shape index (κ1) is 24.1. The van der Waals surface area contributed by atoms with Crippen molar-refractivity contribution in [3.8, 4) is 6.07 Å². The fourth-order valence-corrected chi connectivity index (χ4v) is 5.58. The highest BCUT2D eigenvalue weighted by Gasteiger charge is 2.42. The van der Waals surface area contributed by atoms with Crippen molar-refractivity contribution in [2.75, 3.05) is 24.6 Å². The summed E-state index contributed by atoms with van der Waals surface area (Å²) in [7, 11) is 0. The summed E-state index contributed by atoms with van der Waals surface area (Å²) >= 11 is 0. The molecule has 2 aliphatic rings. The van der Waals surface area contributed by atoms with Crippen LogP contribution < -0.4 is 16.4 Å². The molecule has 2 fully saturated rings. The smallest absolute Gasteiger partial charge is 0.410 e. The van der Waals surface area contributed by atoms with Gasteiger partial charge in [-0.25, -0.2) is 9.31 Å². The Balaban J connectivity index is 1.56. The van der Waals surface area contributed by atoms with Gasteiger partial charge in [0.2, 0.25) is 5.91 Å². The minimum Gasteiger partial charge on any atom is -0.448 e. The van der Waals surface area contributed by atoms with Crippen LogP contribution in [0.4, 0.5) is 10.5 Å². The second-order valence-corrected chi connectivity index (χ2v) is 9.25. The maximum atomic E-state index is 12.6. The number of carbonyl (C=O) groups excluding carboxylic acids is 3. The van der Waals surface area contributed by atoms with Gasteiger partial charge >= 0.3 is 6.09 Å². The van der Waals surface area contributed by atoms with Crippen LogP contribution in [0, 0.1) is 11.3 Å². The highest BCUT2D eigenvalue weighted by Crippen LogP contribution is 2.41. The lowest BCUT2D eigenvalue weighted by Gasteiger charge is -2.44. The van der Waals surface area contributed by atoms with Crippen molar-refractivity contribution in [2.24, 2.45) is 11.5 Å². The molecule has 4 heterocycles. The van der Waals surface area contributed by atoms with E-state index in [0.717, 1.165) is 11.2 Å². The van der Waals surface area contributed by atoms with E-state index < -0.39 is 11.8 Å². The van der Waals surface area contributed by atoms with Gasteiger partial charge in [0.15, 0.2) is 0 Å². The molecule has 0 bridgehead atoms. The summed E-state index contributed by atoms with van der Waals surface area (Å²) in [4.78, 5) is 44.4. The maximum Gasteiger partial charge on any atom is 0.410 e. The summed E-state index contributed by atoms with van der Waals surface area (Å²) in [6, 6.07) is 8.99. The summed E-state index contributed by atoms with van der Waals surface area (Å²) in [5.74, 6) is -1.38. The Labute approximate surface area is 212 Å². The van der Waals surface area contributed by atoms with Crippen LogP contribution in [0.15, 0.2) is 42.9 Å². The molecule has 0 spiro atoms. The molecule has 1 saturated heterocycles. The molecular weight excluding hydrogens is 476 g/mol. The largest absolute Gasteiger partial charge is 0.448 e. The van der Waals surface area contributed by atoms with Crippen molar-refractivity contribution < 1.29 is 19.1 Å². The monoisotopic (exact) mass is 502 g/mol. The molecule has 3 aromatic rings. The van der Waals surface area contributed by atoms with E-state index in [2.05, 4.69) is 16.2 Å². The summed E-state index contributed by atoms with van der Waals surface area (Å²) in [6.07, 6.45) is 5.87. The fourth-order valence-electron chi connectivity index (χ4n) is 5.58. The van der Waals surface area contributed by atoms with Gasteiger partial charge in [0.25, 0.3) is 5.91 Å². The molecule has 1 saturated carbocycles. The van der Waals surface area contributed by atoms with Gasteiger partial charge in [0.1, 0.15) is 12.7 Å². The molecule has 0 unspecified atom stereocenters. The summed E-state index contributed by atoms with van der Waals surface area (Å²) in [5.41, 5.74) is 14.0. The van der Waals surface area contributed by atoms with Crippen molar-refractivity contribution in [1.29, 1.82) is 5.26 Å². The zero-order valence-corrected chi connectivity index (χ0v) is 20.0. The van der Waals surface area contributed by atoms with Gasteiger partial charge in [-0.05, 0) is 43.5 Å². The van der Waals surface area contributed by atoms with E-state index in [9.17, 15) is 19.6 Å². The predicted molar refractivity (Wildman–Crippen MR) is 131 cm³/mol. The van der Waals surface area contributed by atoms with Crippen molar-refractivity contribution in [3.63, 3.8) is 0 Å². The molecule has 12 heteroatoms. The molecule has 1 aliphatic heterocycles. The van der Waals surface area contributed by atoms with Gasteiger partial charge in [-0.3, -0.25) is 14.6 Å². The number of fused-ring (bicyclic) bond motifs is 1. The highest BCUT2D eigenvalue weighted by molar-refractivity contribution is 5.99. The average Bonchev–Trinajstić information content (AvgIpc) is 3.52. The third-order valence-corrected chi connectivity index (χ3v) is 7.16. The van der Waals surface area contributed by atoms with E-state index >= 15 is 0 Å². The van der Waals surface area contributed by atoms with Gasteiger partial charge in [-0.15, -0.1) is 0 Å². The van der Waals surface area contributed by atoms with Crippen molar-refractivity contribution >= 4 is 29.1 Å². The van der Waals surface area contributed by atoms with E-state index in [4.69, 9.17) is 16.2 Å². The first-order valence-corrected chi connectivity index (χ1v) is 12.0. The third-order valence-electron chi connectivity index (χ3n) is 7.16. The van der Waals surface area contributed by atoms with Crippen LogP contribution in [-0.2, 0) is 9.53 Å². The van der Waals surface area contributed by atoms with Crippen molar-refractivity contribution in [2.45, 2.75) is 37.3 Å². The molecule has 0 radical (unpaired) electrons. The number of rotatable bonds is 7. The number of hydrogen-bond acceptors (Lipinski definition) is 8. The quantitative estimate of drug-likeness (QED) is 0.484. The Morgan fingerprint density at radius 1 is 1.22 bits per heavy atom. The average molecular weight is 503 g/mol. The van der Waals surface area contributed by atoms with Gasteiger partial charge in [0.05, 0.1) is 41.6 Å². The summed E-state index contributed by atoms with van der Waals surface area (Å²) < 4.78 is 7.02. The Kier molecular flexibility index (Phi) is 6.35. The van der Waals surface area contributed by atoms with Crippen LogP contribution >= 0.6 is 0 Å². The molecule has 190 valence electrons. The Hall–Kier alpha value is -4.66. The van der Waals surface area contributed by atoms with E-state index in [0.29, 0.717) is 43.7 Å². The molecule has 37 heavy (non-hydrogen) atoms. The third kappa shape index (κ3) is 4.51. The lowest BCUT2D eigenvalue weighted by Crippen LogP contribution is -2.50. The first-order chi connectivity index (χ1) is 17.9. The Morgan fingerprint density at radius 3 is 2.76 bits per heavy atom. The Bertz CT molecular complexity index is 1410. The number of cyclic esters (lactones) is 1. The van der Waals surface area contributed by atoms with Crippen LogP contribution in [0.2, 0.25) is 0 Å². The Morgan fingerprint density at radius 2 is 2.05 bits per heavy atom. The van der Waals surface area contributed by atoms with Crippen LogP contribution in [0.5, 0.6) is 0 Å². The number of primary amides is 2. The number of nitriles is 1. The van der Waals surface area contributed by atoms with Gasteiger partial charge < -0.3 is 26.0 Å². The molecule has 12 nitrogen and oxygen atoms in total. The van der Waals surface area contributed by atoms with Crippen LogP contribution in [-0.4, -0.2) is 69.2 Å². The molecule has 3 atom stereocenters. The number of anilines is 1. The molecule has 5 rings (SSSR count). The molecule has 3 aromatic heterocycles. The normalized spacial score (nSPS) is 21.4. The van der Waals surface area contributed by atoms with Crippen LogP contribution in [0.1, 0.15) is 46.8 Å². The second-order valence-electron chi connectivity index (χ2n) is 9.25. The van der Waals surface area contributed by atoms with E-state index in [1.165, 1.54) is 18.6 Å². The predicted octanol–water partition coefficient (Wildman–Crippen LogP) is 1.15. The minimum absolute atomic E-state index is 0.114. The first-order valence-electron chi connectivity index (χ1n) is 12.0. The number of aromatic nitrogens is 3. The molecule has 4 N–H and O–H groups in total. The molecule has 3 amide bonds. The molecular formula is C25H26N8O4. The number of hydrogen-bond donors (Lipinski definition) is 2. The summed E-state index contributed by atoms with van der Waals surface area (Å²) in [5, 5.41) is 13.8. The number of carbonyl (C=O) groups is 3. The number of amides is 3. The number of nitrogens with two attached hydrogens (primary N) is 2. The molecule has 1 aliphatic carbocycles. The SMILES string of the molecule is N#Cc1cnn2c([C@@H]3C[C@H](N(CC(N)=O)c4ccncc4C(N)=O)CC[C@H]3N3CCOC3=O)ccc2c1. The lowest BCUT2D eigenvalue weighted by atomic mass is 9.78. The van der Waals surface area contributed by atoms with Crippen LogP contribution in [0.25, 0.3) is 5.52 Å².